The summed E-state index contributed by atoms with van der Waals surface area (Å²) in [7, 11) is 3.13. The number of para-hydroxylation sites is 1. The Morgan fingerprint density at radius 2 is 1.68 bits per heavy atom. The van der Waals surface area contributed by atoms with Crippen molar-refractivity contribution < 1.29 is 23.8 Å². The molecule has 1 atom stereocenters. The standard InChI is InChI=1S/C26H31N3O5/c1-16(2)12-13-34-17(3)25(30)28-29-26(31)20-15-22(27-21-9-7-6-8-19(20)21)18-10-11-23(32-4)24(14-18)33-5/h6-11,14-17H,12-13H2,1-5H3,(H,28,30)(H,29,31). The van der Waals surface area contributed by atoms with E-state index in [-0.39, 0.29) is 0 Å². The quantitative estimate of drug-likeness (QED) is 0.461. The van der Waals surface area contributed by atoms with Crippen molar-refractivity contribution in [1.82, 2.24) is 15.8 Å². The first-order chi connectivity index (χ1) is 16.3. The summed E-state index contributed by atoms with van der Waals surface area (Å²) >= 11 is 0. The topological polar surface area (TPSA) is 98.8 Å². The van der Waals surface area contributed by atoms with E-state index in [2.05, 4.69) is 24.7 Å². The maximum absolute atomic E-state index is 13.1. The molecule has 34 heavy (non-hydrogen) atoms. The molecule has 180 valence electrons. The third-order valence-electron chi connectivity index (χ3n) is 5.37. The van der Waals surface area contributed by atoms with Gasteiger partial charge in [0.1, 0.15) is 6.10 Å². The summed E-state index contributed by atoms with van der Waals surface area (Å²) in [5.41, 5.74) is 7.33. The average molecular weight is 466 g/mol. The first-order valence-corrected chi connectivity index (χ1v) is 11.2. The summed E-state index contributed by atoms with van der Waals surface area (Å²) in [6.45, 7) is 6.30. The molecule has 0 fully saturated rings. The number of nitrogens with zero attached hydrogens (tertiary/aromatic N) is 1. The van der Waals surface area contributed by atoms with E-state index in [0.717, 1.165) is 12.0 Å². The number of pyridine rings is 1. The third kappa shape index (κ3) is 6.02. The lowest BCUT2D eigenvalue weighted by atomic mass is 10.0. The highest BCUT2D eigenvalue weighted by Crippen LogP contribution is 2.33. The Bertz CT molecular complexity index is 1160. The fourth-order valence-electron chi connectivity index (χ4n) is 3.35. The van der Waals surface area contributed by atoms with Crippen molar-refractivity contribution in [2.75, 3.05) is 20.8 Å². The minimum Gasteiger partial charge on any atom is -0.493 e. The number of carbonyl (C=O) groups is 2. The second kappa shape index (κ2) is 11.5. The molecule has 0 bridgehead atoms. The predicted molar refractivity (Wildman–Crippen MR) is 131 cm³/mol. The number of nitrogens with one attached hydrogen (secondary N) is 2. The Morgan fingerprint density at radius 3 is 2.38 bits per heavy atom. The molecule has 1 heterocycles. The fourth-order valence-corrected chi connectivity index (χ4v) is 3.35. The van der Waals surface area contributed by atoms with Crippen molar-refractivity contribution >= 4 is 22.7 Å². The Kier molecular flexibility index (Phi) is 8.43. The highest BCUT2D eigenvalue weighted by Gasteiger charge is 2.18. The zero-order chi connectivity index (χ0) is 24.7. The van der Waals surface area contributed by atoms with Crippen LogP contribution in [-0.4, -0.2) is 43.7 Å². The van der Waals surface area contributed by atoms with Crippen LogP contribution in [0.25, 0.3) is 22.2 Å². The van der Waals surface area contributed by atoms with Crippen molar-refractivity contribution in [3.8, 4) is 22.8 Å². The number of amides is 2. The van der Waals surface area contributed by atoms with Gasteiger partial charge < -0.3 is 14.2 Å². The van der Waals surface area contributed by atoms with Crippen molar-refractivity contribution in [3.63, 3.8) is 0 Å². The number of hydrogen-bond acceptors (Lipinski definition) is 6. The number of rotatable bonds is 9. The number of methoxy groups -OCH3 is 2. The number of hydrazine groups is 1. The summed E-state index contributed by atoms with van der Waals surface area (Å²) in [5, 5.41) is 0.666. The highest BCUT2D eigenvalue weighted by molar-refractivity contribution is 6.07. The second-order valence-electron chi connectivity index (χ2n) is 8.28. The van der Waals surface area contributed by atoms with Crippen LogP contribution in [-0.2, 0) is 9.53 Å². The van der Waals surface area contributed by atoms with E-state index in [4.69, 9.17) is 19.2 Å². The largest absolute Gasteiger partial charge is 0.493 e. The average Bonchev–Trinajstić information content (AvgIpc) is 2.85. The van der Waals surface area contributed by atoms with Crippen LogP contribution in [0.1, 0.15) is 37.6 Å². The molecule has 3 aromatic rings. The van der Waals surface area contributed by atoms with E-state index in [1.165, 1.54) is 0 Å². The molecule has 2 N–H and O–H groups in total. The molecule has 0 spiro atoms. The normalized spacial score (nSPS) is 11.8. The zero-order valence-electron chi connectivity index (χ0n) is 20.2. The minimum absolute atomic E-state index is 0.379. The van der Waals surface area contributed by atoms with Crippen LogP contribution in [0.15, 0.2) is 48.5 Å². The lowest BCUT2D eigenvalue weighted by Gasteiger charge is -2.15. The van der Waals surface area contributed by atoms with Crippen molar-refractivity contribution in [1.29, 1.82) is 0 Å². The second-order valence-corrected chi connectivity index (χ2v) is 8.28. The van der Waals surface area contributed by atoms with E-state index in [1.807, 2.05) is 30.3 Å². The summed E-state index contributed by atoms with van der Waals surface area (Å²) in [5.74, 6) is 0.755. The lowest BCUT2D eigenvalue weighted by molar-refractivity contribution is -0.132. The number of carbonyl (C=O) groups excluding carboxylic acids is 2. The molecule has 3 rings (SSSR count). The van der Waals surface area contributed by atoms with Crippen LogP contribution in [0.5, 0.6) is 11.5 Å². The van der Waals surface area contributed by atoms with Crippen LogP contribution >= 0.6 is 0 Å². The van der Waals surface area contributed by atoms with E-state index in [9.17, 15) is 9.59 Å². The molecule has 0 saturated heterocycles. The van der Waals surface area contributed by atoms with E-state index >= 15 is 0 Å². The molecule has 0 saturated carbocycles. The van der Waals surface area contributed by atoms with Gasteiger partial charge in [0, 0.05) is 17.6 Å². The molecule has 0 radical (unpaired) electrons. The summed E-state index contributed by atoms with van der Waals surface area (Å²) in [6.07, 6.45) is 0.168. The van der Waals surface area contributed by atoms with Gasteiger partial charge in [-0.2, -0.15) is 0 Å². The van der Waals surface area contributed by atoms with Gasteiger partial charge in [0.15, 0.2) is 11.5 Å². The zero-order valence-corrected chi connectivity index (χ0v) is 20.2. The van der Waals surface area contributed by atoms with Crippen LogP contribution < -0.4 is 20.3 Å². The van der Waals surface area contributed by atoms with Gasteiger partial charge in [-0.1, -0.05) is 32.0 Å². The Hall–Kier alpha value is -3.65. The Labute approximate surface area is 199 Å². The van der Waals surface area contributed by atoms with Crippen molar-refractivity contribution in [3.05, 3.63) is 54.1 Å². The molecule has 1 aromatic heterocycles. The molecule has 2 aromatic carbocycles. The number of hydrogen-bond donors (Lipinski definition) is 2. The van der Waals surface area contributed by atoms with Gasteiger partial charge >= 0.3 is 0 Å². The summed E-state index contributed by atoms with van der Waals surface area (Å²) < 4.78 is 16.3. The smallest absolute Gasteiger partial charge is 0.270 e. The van der Waals surface area contributed by atoms with Gasteiger partial charge in [0.2, 0.25) is 0 Å². The van der Waals surface area contributed by atoms with Crippen LogP contribution in [0.4, 0.5) is 0 Å². The minimum atomic E-state index is -0.685. The molecule has 0 aliphatic rings. The van der Waals surface area contributed by atoms with E-state index in [1.54, 1.807) is 39.3 Å². The SMILES string of the molecule is COc1ccc(-c2cc(C(=O)NNC(=O)C(C)OCCC(C)C)c3ccccc3n2)cc1OC. The monoisotopic (exact) mass is 465 g/mol. The molecule has 1 unspecified atom stereocenters. The maximum atomic E-state index is 13.1. The van der Waals surface area contributed by atoms with Gasteiger partial charge in [0.25, 0.3) is 11.8 Å². The molecule has 0 aliphatic carbocycles. The molecule has 0 aliphatic heterocycles. The number of ether oxygens (including phenoxy) is 3. The molecule has 2 amide bonds. The van der Waals surface area contributed by atoms with Gasteiger partial charge in [-0.25, -0.2) is 4.98 Å². The first kappa shape index (κ1) is 25.0. The third-order valence-corrected chi connectivity index (χ3v) is 5.37. The lowest BCUT2D eigenvalue weighted by Crippen LogP contribution is -2.46. The van der Waals surface area contributed by atoms with Gasteiger partial charge in [-0.05, 0) is 49.6 Å². The van der Waals surface area contributed by atoms with Crippen molar-refractivity contribution in [2.24, 2.45) is 5.92 Å². The Balaban J connectivity index is 1.83. The molecular weight excluding hydrogens is 434 g/mol. The highest BCUT2D eigenvalue weighted by atomic mass is 16.5. The molecule has 8 heteroatoms. The van der Waals surface area contributed by atoms with Crippen LogP contribution in [0, 0.1) is 5.92 Å². The van der Waals surface area contributed by atoms with Crippen LogP contribution in [0.2, 0.25) is 0 Å². The van der Waals surface area contributed by atoms with Crippen LogP contribution in [0.3, 0.4) is 0 Å². The van der Waals surface area contributed by atoms with Gasteiger partial charge in [-0.15, -0.1) is 0 Å². The summed E-state index contributed by atoms with van der Waals surface area (Å²) in [4.78, 5) is 30.1. The predicted octanol–water partition coefficient (Wildman–Crippen LogP) is 4.13. The van der Waals surface area contributed by atoms with E-state index < -0.39 is 17.9 Å². The number of fused-ring (bicyclic) bond motifs is 1. The van der Waals surface area contributed by atoms with E-state index in [0.29, 0.717) is 46.2 Å². The van der Waals surface area contributed by atoms with Crippen molar-refractivity contribution in [2.45, 2.75) is 33.3 Å². The van der Waals surface area contributed by atoms with Gasteiger partial charge in [-0.3, -0.25) is 20.4 Å². The number of aromatic nitrogens is 1. The first-order valence-electron chi connectivity index (χ1n) is 11.2. The maximum Gasteiger partial charge on any atom is 0.270 e. The van der Waals surface area contributed by atoms with Gasteiger partial charge in [0.05, 0.1) is 31.0 Å². The molecule has 8 nitrogen and oxygen atoms in total. The molecular formula is C26H31N3O5. The summed E-state index contributed by atoms with van der Waals surface area (Å²) in [6, 6.07) is 14.5. The fraction of sp³-hybridized carbons (Fsp3) is 0.346. The Morgan fingerprint density at radius 1 is 0.941 bits per heavy atom. The number of benzene rings is 2.